The molecule has 0 radical (unpaired) electrons. The van der Waals surface area contributed by atoms with Crippen molar-refractivity contribution in [2.75, 3.05) is 0 Å². The summed E-state index contributed by atoms with van der Waals surface area (Å²) in [5, 5.41) is 21.5. The van der Waals surface area contributed by atoms with Gasteiger partial charge in [-0.1, -0.05) is 368 Å². The maximum atomic E-state index is 5.40. The van der Waals surface area contributed by atoms with Crippen molar-refractivity contribution in [2.24, 2.45) is 0 Å². The van der Waals surface area contributed by atoms with Crippen LogP contribution < -0.4 is 0 Å². The Kier molecular flexibility index (Phi) is 20.6. The summed E-state index contributed by atoms with van der Waals surface area (Å²) in [6.07, 6.45) is 5.80. The highest BCUT2D eigenvalue weighted by molar-refractivity contribution is 6.27. The zero-order valence-corrected chi connectivity index (χ0v) is 80.1. The standard InChI is InChI=1S/C52H33N3.2C42H29N3/c1-4-12-34(13-5-1)38-24-27-42-43-28-25-39(35-14-6-2-7-15-35)32-47(43)52-51(46(42)31-38)53-33-48(54-52)37-22-20-36(21-23-37)40-26-29-50-45(30-40)44-18-10-11-19-49(44)55(50)41-16-8-3-9-17-41;1-26-16-19-33-35(22-26)36-23-27(2)17-20-34(36)42-41(33)43-25-38(44-42)31-13-7-6-12-30(31)28-18-21-40-37(24-28)32-14-8-9-15-39(32)45(40)29-10-4-3-5-11-29;1-26-12-19-32-33-20-13-27(2)23-37(33)42-41(36(32)22-26)43-25-38(44-42)29-16-14-28(15-17-29)30-18-21-40-35(24-30)34-10-6-7-11-39(34)45(40)31-8-4-3-5-9-31/h1-33H;2*3-25H,1-2H3. The number of para-hydroxylation sites is 6. The summed E-state index contributed by atoms with van der Waals surface area (Å²) in [7, 11) is 0. The number of benzene rings is 23. The van der Waals surface area contributed by atoms with Gasteiger partial charge in [0.25, 0.3) is 0 Å². The van der Waals surface area contributed by atoms with Crippen LogP contribution in [0.5, 0.6) is 0 Å². The Labute approximate surface area is 836 Å². The van der Waals surface area contributed by atoms with Gasteiger partial charge in [0.15, 0.2) is 0 Å². The average molecular weight is 1850 g/mol. The molecule has 0 bridgehead atoms. The molecule has 9 heteroatoms. The third kappa shape index (κ3) is 14.8. The van der Waals surface area contributed by atoms with Crippen LogP contribution in [0.25, 0.3) is 270 Å². The van der Waals surface area contributed by atoms with E-state index < -0.39 is 0 Å². The zero-order chi connectivity index (χ0) is 96.4. The lowest BCUT2D eigenvalue weighted by atomic mass is 9.93. The highest BCUT2D eigenvalue weighted by atomic mass is 15.0. The van der Waals surface area contributed by atoms with Crippen LogP contribution in [0.4, 0.5) is 0 Å². The van der Waals surface area contributed by atoms with Gasteiger partial charge in [-0.3, -0.25) is 15.0 Å². The van der Waals surface area contributed by atoms with Gasteiger partial charge in [0.05, 0.1) is 102 Å². The summed E-state index contributed by atoms with van der Waals surface area (Å²) < 4.78 is 7.06. The topological polar surface area (TPSA) is 92.1 Å². The number of hydrogen-bond acceptors (Lipinski definition) is 6. The first-order valence-electron chi connectivity index (χ1n) is 49.6. The summed E-state index contributed by atoms with van der Waals surface area (Å²) in [6, 6.07) is 165. The van der Waals surface area contributed by atoms with Gasteiger partial charge in [0.2, 0.25) is 0 Å². The van der Waals surface area contributed by atoms with Crippen LogP contribution in [0.15, 0.2) is 480 Å². The normalized spacial score (nSPS) is 11.7. The molecule has 0 saturated carbocycles. The van der Waals surface area contributed by atoms with Crippen molar-refractivity contribution in [1.29, 1.82) is 0 Å². The number of rotatable bonds is 11. The summed E-state index contributed by atoms with van der Waals surface area (Å²) in [5.41, 5.74) is 38.7. The largest absolute Gasteiger partial charge is 0.309 e. The van der Waals surface area contributed by atoms with Crippen LogP contribution in [0.1, 0.15) is 22.3 Å². The number of aromatic nitrogens is 9. The van der Waals surface area contributed by atoms with Crippen molar-refractivity contribution in [2.45, 2.75) is 27.7 Å². The van der Waals surface area contributed by atoms with E-state index in [0.717, 1.165) is 133 Å². The first-order valence-corrected chi connectivity index (χ1v) is 49.6. The Bertz CT molecular complexity index is 10300. The minimum absolute atomic E-state index is 0.852. The second kappa shape index (κ2) is 35.1. The molecule has 29 aromatic rings. The number of hydrogen-bond donors (Lipinski definition) is 0. The van der Waals surface area contributed by atoms with Crippen molar-refractivity contribution < 1.29 is 0 Å². The lowest BCUT2D eigenvalue weighted by molar-refractivity contribution is 1.18. The highest BCUT2D eigenvalue weighted by Gasteiger charge is 2.24. The maximum Gasteiger partial charge on any atom is 0.0979 e. The van der Waals surface area contributed by atoms with E-state index in [4.69, 9.17) is 29.9 Å². The van der Waals surface area contributed by atoms with Gasteiger partial charge in [-0.05, 0) is 231 Å². The Morgan fingerprint density at radius 1 is 0.145 bits per heavy atom. The molecule has 6 aromatic heterocycles. The number of aryl methyl sites for hydroxylation is 4. The van der Waals surface area contributed by atoms with E-state index >= 15 is 0 Å². The highest BCUT2D eigenvalue weighted by Crippen LogP contribution is 2.46. The van der Waals surface area contributed by atoms with E-state index in [0.29, 0.717) is 0 Å². The Morgan fingerprint density at radius 2 is 0.393 bits per heavy atom. The fourth-order valence-corrected chi connectivity index (χ4v) is 22.3. The van der Waals surface area contributed by atoms with Gasteiger partial charge in [-0.25, -0.2) is 15.0 Å². The molecule has 0 atom stereocenters. The number of fused-ring (bicyclic) bond motifs is 27. The molecule has 0 aliphatic rings. The van der Waals surface area contributed by atoms with Gasteiger partial charge < -0.3 is 13.7 Å². The molecule has 0 fully saturated rings. The second-order valence-electron chi connectivity index (χ2n) is 38.3. The van der Waals surface area contributed by atoms with Gasteiger partial charge in [0, 0.05) is 98.4 Å². The van der Waals surface area contributed by atoms with Crippen molar-refractivity contribution in [1.82, 2.24) is 43.6 Å². The average Bonchev–Trinajstić information content (AvgIpc) is 1.64. The molecule has 9 nitrogen and oxygen atoms in total. The molecule has 0 unspecified atom stereocenters. The van der Waals surface area contributed by atoms with Crippen molar-refractivity contribution in [3.8, 4) is 106 Å². The van der Waals surface area contributed by atoms with Gasteiger partial charge in [0.1, 0.15) is 0 Å². The molecule has 145 heavy (non-hydrogen) atoms. The smallest absolute Gasteiger partial charge is 0.0979 e. The Morgan fingerprint density at radius 3 is 0.807 bits per heavy atom. The van der Waals surface area contributed by atoms with Crippen molar-refractivity contribution in [3.05, 3.63) is 502 Å². The third-order valence-corrected chi connectivity index (χ3v) is 29.3. The molecule has 0 aliphatic carbocycles. The summed E-state index contributed by atoms with van der Waals surface area (Å²) in [4.78, 5) is 31.3. The maximum absolute atomic E-state index is 5.40. The molecule has 0 spiro atoms. The van der Waals surface area contributed by atoms with E-state index in [1.165, 1.54) is 159 Å². The fourth-order valence-electron chi connectivity index (χ4n) is 22.3. The van der Waals surface area contributed by atoms with E-state index in [1.54, 1.807) is 0 Å². The minimum Gasteiger partial charge on any atom is -0.309 e. The van der Waals surface area contributed by atoms with E-state index in [1.807, 2.05) is 18.6 Å². The van der Waals surface area contributed by atoms with E-state index in [2.05, 4.69) is 502 Å². The molecular formula is C136H91N9. The predicted molar refractivity (Wildman–Crippen MR) is 609 cm³/mol. The zero-order valence-electron chi connectivity index (χ0n) is 80.1. The molecule has 0 saturated heterocycles. The Hall–Kier alpha value is -19.0. The molecule has 0 amide bonds. The SMILES string of the molecule is Cc1ccc2c(c1)c1cc(C)ccc1c1nc(-c3ccccc3-c3ccc4c(c3)c3ccccc3n4-c3ccccc3)cnc21.Cc1ccc2c3ccc(C)cc3c3nc(-c4ccc(-c5ccc6c(c5)c5ccccc5n6-c5ccccc5)cc4)cnc3c2c1.c1ccc(-c2ccc3c4ccc(-c5ccccc5)cc4c4nc(-c5ccc(-c6ccc7c(c6)c6ccccc6n7-c6ccccc6)cc5)cnc4c3c2)cc1. The first-order chi connectivity index (χ1) is 71.5. The minimum atomic E-state index is 0.852. The summed E-state index contributed by atoms with van der Waals surface area (Å²) in [6.45, 7) is 8.57. The van der Waals surface area contributed by atoms with Crippen molar-refractivity contribution in [3.63, 3.8) is 0 Å². The third-order valence-electron chi connectivity index (χ3n) is 29.3. The second-order valence-corrected chi connectivity index (χ2v) is 38.3. The number of nitrogens with zero attached hydrogens (tertiary/aromatic N) is 9. The lowest BCUT2D eigenvalue weighted by Gasteiger charge is -2.14. The predicted octanol–water partition coefficient (Wildman–Crippen LogP) is 35.7. The van der Waals surface area contributed by atoms with Crippen LogP contribution >= 0.6 is 0 Å². The molecular weight excluding hydrogens is 1760 g/mol. The van der Waals surface area contributed by atoms with Crippen molar-refractivity contribution >= 4 is 163 Å². The summed E-state index contributed by atoms with van der Waals surface area (Å²) >= 11 is 0. The van der Waals surface area contributed by atoms with Gasteiger partial charge in [-0.2, -0.15) is 0 Å². The molecule has 29 rings (SSSR count). The van der Waals surface area contributed by atoms with Gasteiger partial charge >= 0.3 is 0 Å². The fraction of sp³-hybridized carbons (Fsp3) is 0.0294. The quantitative estimate of drug-likeness (QED) is 0.120. The molecule has 680 valence electrons. The monoisotopic (exact) mass is 1850 g/mol. The summed E-state index contributed by atoms with van der Waals surface area (Å²) in [5.74, 6) is 0. The van der Waals surface area contributed by atoms with E-state index in [9.17, 15) is 0 Å². The van der Waals surface area contributed by atoms with Crippen LogP contribution in [0.2, 0.25) is 0 Å². The van der Waals surface area contributed by atoms with Crippen LogP contribution in [0.3, 0.4) is 0 Å². The molecule has 6 heterocycles. The molecule has 0 aliphatic heterocycles. The molecule has 0 N–H and O–H groups in total. The first kappa shape index (κ1) is 85.2. The van der Waals surface area contributed by atoms with Crippen LogP contribution in [0, 0.1) is 27.7 Å². The molecule has 23 aromatic carbocycles. The van der Waals surface area contributed by atoms with E-state index in [-0.39, 0.29) is 0 Å². The van der Waals surface area contributed by atoms with Gasteiger partial charge in [-0.15, -0.1) is 0 Å². The van der Waals surface area contributed by atoms with Crippen LogP contribution in [-0.2, 0) is 0 Å². The lowest BCUT2D eigenvalue weighted by Crippen LogP contribution is -1.95. The van der Waals surface area contributed by atoms with Crippen LogP contribution in [-0.4, -0.2) is 43.6 Å². The Balaban J connectivity index is 0.000000109.